The summed E-state index contributed by atoms with van der Waals surface area (Å²) >= 11 is 0. The van der Waals surface area contributed by atoms with Gasteiger partial charge in [0.25, 0.3) is 0 Å². The number of nitrogens with zero attached hydrogens (tertiary/aromatic N) is 1. The fraction of sp³-hybridized carbons (Fsp3) is 0.360. The summed E-state index contributed by atoms with van der Waals surface area (Å²) in [5.74, 6) is 0. The van der Waals surface area contributed by atoms with E-state index in [-0.39, 0.29) is 5.41 Å². The van der Waals surface area contributed by atoms with Gasteiger partial charge in [-0.1, -0.05) is 76.0 Å². The molecule has 0 bridgehead atoms. The number of likely N-dealkylation sites (N-methyl/N-ethyl adjacent to an activating group) is 1. The molecule has 1 aromatic carbocycles. The van der Waals surface area contributed by atoms with Gasteiger partial charge in [-0.3, -0.25) is 0 Å². The van der Waals surface area contributed by atoms with E-state index < -0.39 is 0 Å². The third-order valence-corrected chi connectivity index (χ3v) is 5.29. The van der Waals surface area contributed by atoms with E-state index in [2.05, 4.69) is 100 Å². The molecular formula is C25H33N. The van der Waals surface area contributed by atoms with Crippen LogP contribution in [0.15, 0.2) is 67.3 Å². The van der Waals surface area contributed by atoms with Crippen molar-refractivity contribution in [2.75, 3.05) is 18.5 Å². The average molecular weight is 348 g/mol. The van der Waals surface area contributed by atoms with Gasteiger partial charge in [-0.2, -0.15) is 0 Å². The highest BCUT2D eigenvalue weighted by molar-refractivity contribution is 5.83. The van der Waals surface area contributed by atoms with Gasteiger partial charge in [0, 0.05) is 24.8 Å². The van der Waals surface area contributed by atoms with Gasteiger partial charge in [-0.15, -0.1) is 0 Å². The van der Waals surface area contributed by atoms with Crippen LogP contribution in [0.4, 0.5) is 5.69 Å². The molecule has 2 rings (SSSR count). The molecule has 0 spiro atoms. The van der Waals surface area contributed by atoms with Gasteiger partial charge in [0.05, 0.1) is 0 Å². The molecule has 138 valence electrons. The smallest absolute Gasteiger partial charge is 0.0448 e. The summed E-state index contributed by atoms with van der Waals surface area (Å²) in [5.41, 5.74) is 6.55. The van der Waals surface area contributed by atoms with E-state index in [9.17, 15) is 0 Å². The SMILES string of the molecule is C=C1/C=C\C=C/CN(C)c2cc(C/C=C\C=C/C)c(C(C)(C)CC)cc21. The molecule has 0 saturated heterocycles. The predicted molar refractivity (Wildman–Crippen MR) is 118 cm³/mol. The lowest BCUT2D eigenvalue weighted by Crippen LogP contribution is -2.22. The Balaban J connectivity index is 2.63. The maximum Gasteiger partial charge on any atom is 0.0448 e. The second-order valence-electron chi connectivity index (χ2n) is 7.62. The van der Waals surface area contributed by atoms with Crippen molar-refractivity contribution in [1.29, 1.82) is 0 Å². The van der Waals surface area contributed by atoms with Crippen molar-refractivity contribution in [3.8, 4) is 0 Å². The molecule has 0 saturated carbocycles. The molecule has 0 aliphatic carbocycles. The van der Waals surface area contributed by atoms with Gasteiger partial charge >= 0.3 is 0 Å². The fourth-order valence-corrected chi connectivity index (χ4v) is 3.24. The maximum absolute atomic E-state index is 4.33. The van der Waals surface area contributed by atoms with E-state index in [0.717, 1.165) is 25.0 Å². The topological polar surface area (TPSA) is 3.24 Å². The van der Waals surface area contributed by atoms with Crippen LogP contribution < -0.4 is 4.90 Å². The first-order chi connectivity index (χ1) is 12.4. The normalized spacial score (nSPS) is 17.9. The standard InChI is InChI=1S/C25H33N/c1-7-9-10-13-16-21-18-24-22(19-23(21)25(4,5)8-2)20(3)15-12-11-14-17-26(24)6/h7,9-15,18-19H,3,8,16-17H2,1-2,4-6H3/b9-7-,13-10-,14-11-,15-12-. The Hall–Kier alpha value is -2.28. The van der Waals surface area contributed by atoms with E-state index >= 15 is 0 Å². The van der Waals surface area contributed by atoms with Crippen LogP contribution in [0, 0.1) is 0 Å². The Kier molecular flexibility index (Phi) is 6.85. The first-order valence-electron chi connectivity index (χ1n) is 9.59. The summed E-state index contributed by atoms with van der Waals surface area (Å²) in [6, 6.07) is 4.76. The minimum atomic E-state index is 0.137. The number of hydrogen-bond acceptors (Lipinski definition) is 1. The quantitative estimate of drug-likeness (QED) is 0.541. The molecule has 0 atom stereocenters. The van der Waals surface area contributed by atoms with Gasteiger partial charge < -0.3 is 4.90 Å². The number of allylic oxidation sites excluding steroid dienone is 8. The van der Waals surface area contributed by atoms with Crippen molar-refractivity contribution in [3.05, 3.63) is 84.0 Å². The number of benzene rings is 1. The minimum absolute atomic E-state index is 0.137. The molecule has 1 aromatic rings. The van der Waals surface area contributed by atoms with Gasteiger partial charge in [0.1, 0.15) is 0 Å². The van der Waals surface area contributed by atoms with Crippen LogP contribution in [0.5, 0.6) is 0 Å². The molecule has 1 heteroatoms. The zero-order valence-electron chi connectivity index (χ0n) is 17.0. The first-order valence-corrected chi connectivity index (χ1v) is 9.59. The monoisotopic (exact) mass is 347 g/mol. The van der Waals surface area contributed by atoms with Crippen molar-refractivity contribution < 1.29 is 0 Å². The van der Waals surface area contributed by atoms with Crippen LogP contribution in [0.3, 0.4) is 0 Å². The van der Waals surface area contributed by atoms with Crippen LogP contribution in [-0.2, 0) is 11.8 Å². The number of hydrogen-bond donors (Lipinski definition) is 0. The predicted octanol–water partition coefficient (Wildman–Crippen LogP) is 6.62. The summed E-state index contributed by atoms with van der Waals surface area (Å²) in [5, 5.41) is 0. The number of anilines is 1. The molecule has 0 radical (unpaired) electrons. The van der Waals surface area contributed by atoms with E-state index in [4.69, 9.17) is 0 Å². The Labute approximate surface area is 160 Å². The van der Waals surface area contributed by atoms with Gasteiger partial charge in [-0.25, -0.2) is 0 Å². The van der Waals surface area contributed by atoms with E-state index in [1.54, 1.807) is 0 Å². The molecule has 0 N–H and O–H groups in total. The lowest BCUT2D eigenvalue weighted by molar-refractivity contribution is 0.502. The first kappa shape index (κ1) is 20.0. The largest absolute Gasteiger partial charge is 0.370 e. The minimum Gasteiger partial charge on any atom is -0.370 e. The Morgan fingerprint density at radius 3 is 2.65 bits per heavy atom. The van der Waals surface area contributed by atoms with Crippen LogP contribution in [0.25, 0.3) is 5.57 Å². The molecule has 0 amide bonds. The number of rotatable bonds is 5. The lowest BCUT2D eigenvalue weighted by Gasteiger charge is -2.30. The number of fused-ring (bicyclic) bond motifs is 1. The highest BCUT2D eigenvalue weighted by atomic mass is 15.1. The van der Waals surface area contributed by atoms with Crippen molar-refractivity contribution in [3.63, 3.8) is 0 Å². The highest BCUT2D eigenvalue weighted by Crippen LogP contribution is 2.37. The van der Waals surface area contributed by atoms with Gasteiger partial charge in [0.15, 0.2) is 0 Å². The zero-order chi connectivity index (χ0) is 19.2. The summed E-state index contributed by atoms with van der Waals surface area (Å²) in [7, 11) is 2.16. The van der Waals surface area contributed by atoms with Crippen molar-refractivity contribution in [1.82, 2.24) is 0 Å². The summed E-state index contributed by atoms with van der Waals surface area (Å²) < 4.78 is 0. The fourth-order valence-electron chi connectivity index (χ4n) is 3.24. The van der Waals surface area contributed by atoms with Crippen LogP contribution in [-0.4, -0.2) is 13.6 Å². The molecular weight excluding hydrogens is 314 g/mol. The van der Waals surface area contributed by atoms with E-state index in [1.165, 1.54) is 22.4 Å². The Bertz CT molecular complexity index is 757. The highest BCUT2D eigenvalue weighted by Gasteiger charge is 2.24. The van der Waals surface area contributed by atoms with Crippen molar-refractivity contribution in [2.24, 2.45) is 0 Å². The molecule has 1 aliphatic heterocycles. The summed E-state index contributed by atoms with van der Waals surface area (Å²) in [6.07, 6.45) is 19.1. The zero-order valence-corrected chi connectivity index (χ0v) is 17.0. The maximum atomic E-state index is 4.33. The molecule has 0 unspecified atom stereocenters. The Morgan fingerprint density at radius 2 is 1.96 bits per heavy atom. The summed E-state index contributed by atoms with van der Waals surface area (Å²) in [6.45, 7) is 14.2. The molecule has 1 heterocycles. The van der Waals surface area contributed by atoms with Crippen LogP contribution in [0.2, 0.25) is 0 Å². The molecule has 0 aromatic heterocycles. The van der Waals surface area contributed by atoms with E-state index in [1.807, 2.05) is 6.92 Å². The molecule has 1 nitrogen and oxygen atoms in total. The van der Waals surface area contributed by atoms with Crippen LogP contribution >= 0.6 is 0 Å². The average Bonchev–Trinajstić information content (AvgIpc) is 2.69. The van der Waals surface area contributed by atoms with Gasteiger partial charge in [0.2, 0.25) is 0 Å². The van der Waals surface area contributed by atoms with Gasteiger partial charge in [-0.05, 0) is 54.0 Å². The molecule has 26 heavy (non-hydrogen) atoms. The van der Waals surface area contributed by atoms with Crippen molar-refractivity contribution >= 4 is 11.3 Å². The molecule has 1 aliphatic rings. The third-order valence-electron chi connectivity index (χ3n) is 5.29. The molecule has 0 fully saturated rings. The second-order valence-corrected chi connectivity index (χ2v) is 7.62. The van der Waals surface area contributed by atoms with Crippen LogP contribution in [0.1, 0.15) is 50.8 Å². The Morgan fingerprint density at radius 1 is 1.19 bits per heavy atom. The second kappa shape index (κ2) is 8.89. The lowest BCUT2D eigenvalue weighted by atomic mass is 9.77. The summed E-state index contributed by atoms with van der Waals surface area (Å²) in [4.78, 5) is 2.31. The third kappa shape index (κ3) is 4.66. The van der Waals surface area contributed by atoms with Crippen molar-refractivity contribution in [2.45, 2.75) is 46.0 Å². The van der Waals surface area contributed by atoms with E-state index in [0.29, 0.717) is 0 Å².